The van der Waals surface area contributed by atoms with Crippen molar-refractivity contribution in [1.82, 2.24) is 10.6 Å². The van der Waals surface area contributed by atoms with Crippen molar-refractivity contribution in [3.63, 3.8) is 0 Å². The number of hydrogen-bond acceptors (Lipinski definition) is 3. The van der Waals surface area contributed by atoms with E-state index in [9.17, 15) is 4.79 Å². The molecule has 4 heteroatoms. The zero-order chi connectivity index (χ0) is 23.3. The van der Waals surface area contributed by atoms with Crippen LogP contribution in [0.3, 0.4) is 0 Å². The summed E-state index contributed by atoms with van der Waals surface area (Å²) < 4.78 is 5.54. The van der Waals surface area contributed by atoms with Gasteiger partial charge in [0, 0.05) is 23.6 Å². The quantitative estimate of drug-likeness (QED) is 0.520. The molecule has 0 bridgehead atoms. The summed E-state index contributed by atoms with van der Waals surface area (Å²) in [5.41, 5.74) is 7.06. The second-order valence-corrected chi connectivity index (χ2v) is 9.28. The highest BCUT2D eigenvalue weighted by Crippen LogP contribution is 2.44. The van der Waals surface area contributed by atoms with Gasteiger partial charge in [-0.15, -0.1) is 0 Å². The number of fused-ring (bicyclic) bond motifs is 3. The van der Waals surface area contributed by atoms with Gasteiger partial charge in [-0.2, -0.15) is 0 Å². The molecule has 3 aromatic rings. The smallest absolute Gasteiger partial charge is 0.407 e. The molecule has 0 aromatic heterocycles. The minimum absolute atomic E-state index is 0.0560. The van der Waals surface area contributed by atoms with Crippen molar-refractivity contribution >= 4 is 6.09 Å². The zero-order valence-corrected chi connectivity index (χ0v) is 19.4. The number of amides is 1. The molecule has 2 N–H and O–H groups in total. The highest BCUT2D eigenvalue weighted by molar-refractivity contribution is 5.79. The Kier molecular flexibility index (Phi) is 6.82. The number of carbonyl (C=O) groups is 1. The topological polar surface area (TPSA) is 50.4 Å². The van der Waals surface area contributed by atoms with E-state index >= 15 is 0 Å². The Morgan fingerprint density at radius 2 is 1.52 bits per heavy atom. The SMILES string of the molecule is CC(C)(C)NCc1ccc(C#CCNC(=O)OCC2c3ccccc3-c3ccccc32)cc1. The van der Waals surface area contributed by atoms with Gasteiger partial charge in [-0.25, -0.2) is 4.79 Å². The molecular formula is C29H30N2O2. The third-order valence-electron chi connectivity index (χ3n) is 5.67. The molecule has 0 unspecified atom stereocenters. The van der Waals surface area contributed by atoms with Gasteiger partial charge in [-0.1, -0.05) is 72.5 Å². The number of nitrogens with one attached hydrogen (secondary N) is 2. The van der Waals surface area contributed by atoms with Crippen LogP contribution in [-0.2, 0) is 11.3 Å². The highest BCUT2D eigenvalue weighted by Gasteiger charge is 2.28. The van der Waals surface area contributed by atoms with E-state index in [2.05, 4.69) is 79.6 Å². The fourth-order valence-electron chi connectivity index (χ4n) is 3.99. The number of rotatable bonds is 5. The van der Waals surface area contributed by atoms with Crippen molar-refractivity contribution in [3.05, 3.63) is 95.1 Å². The Bertz CT molecular complexity index is 1130. The summed E-state index contributed by atoms with van der Waals surface area (Å²) in [6.07, 6.45) is -0.449. The molecule has 4 rings (SSSR count). The summed E-state index contributed by atoms with van der Waals surface area (Å²) in [6.45, 7) is 7.81. The molecule has 0 saturated heterocycles. The van der Waals surface area contributed by atoms with Crippen molar-refractivity contribution in [3.8, 4) is 23.0 Å². The van der Waals surface area contributed by atoms with Crippen LogP contribution in [0.5, 0.6) is 0 Å². The van der Waals surface area contributed by atoms with Gasteiger partial charge in [-0.3, -0.25) is 0 Å². The third-order valence-corrected chi connectivity index (χ3v) is 5.67. The lowest BCUT2D eigenvalue weighted by atomic mass is 9.98. The van der Waals surface area contributed by atoms with Gasteiger partial charge < -0.3 is 15.4 Å². The second kappa shape index (κ2) is 9.94. The van der Waals surface area contributed by atoms with Crippen LogP contribution in [0.1, 0.15) is 48.9 Å². The number of ether oxygens (including phenoxy) is 1. The van der Waals surface area contributed by atoms with Crippen molar-refractivity contribution < 1.29 is 9.53 Å². The first-order chi connectivity index (χ1) is 15.9. The highest BCUT2D eigenvalue weighted by atomic mass is 16.5. The second-order valence-electron chi connectivity index (χ2n) is 9.28. The van der Waals surface area contributed by atoms with Gasteiger partial charge in [0.05, 0.1) is 6.54 Å². The predicted octanol–water partition coefficient (Wildman–Crippen LogP) is 5.46. The van der Waals surface area contributed by atoms with E-state index in [1.807, 2.05) is 36.4 Å². The molecule has 3 aromatic carbocycles. The lowest BCUT2D eigenvalue weighted by molar-refractivity contribution is 0.144. The van der Waals surface area contributed by atoms with Gasteiger partial charge in [0.2, 0.25) is 0 Å². The van der Waals surface area contributed by atoms with E-state index in [0.29, 0.717) is 6.61 Å². The first kappa shape index (κ1) is 22.6. The van der Waals surface area contributed by atoms with Gasteiger partial charge >= 0.3 is 6.09 Å². The number of benzene rings is 3. The fourth-order valence-corrected chi connectivity index (χ4v) is 3.99. The Morgan fingerprint density at radius 3 is 2.12 bits per heavy atom. The summed E-state index contributed by atoms with van der Waals surface area (Å²) in [4.78, 5) is 12.2. The summed E-state index contributed by atoms with van der Waals surface area (Å²) >= 11 is 0. The maximum Gasteiger partial charge on any atom is 0.407 e. The van der Waals surface area contributed by atoms with Crippen molar-refractivity contribution in [2.75, 3.05) is 13.2 Å². The monoisotopic (exact) mass is 438 g/mol. The third kappa shape index (κ3) is 5.83. The Labute approximate surface area is 196 Å². The maximum absolute atomic E-state index is 12.2. The lowest BCUT2D eigenvalue weighted by Crippen LogP contribution is -2.35. The summed E-state index contributed by atoms with van der Waals surface area (Å²) in [5, 5.41) is 6.20. The molecular weight excluding hydrogens is 408 g/mol. The first-order valence-corrected chi connectivity index (χ1v) is 11.3. The normalized spacial score (nSPS) is 12.3. The predicted molar refractivity (Wildman–Crippen MR) is 133 cm³/mol. The van der Waals surface area contributed by atoms with Crippen LogP contribution in [0.2, 0.25) is 0 Å². The van der Waals surface area contributed by atoms with E-state index in [1.165, 1.54) is 27.8 Å². The molecule has 168 valence electrons. The molecule has 1 aliphatic rings. The standard InChI is InChI=1S/C29H30N2O2/c1-29(2,3)31-19-22-16-14-21(15-17-22)9-8-18-30-28(32)33-20-27-25-12-6-4-10-23(25)24-11-5-7-13-26(24)27/h4-7,10-17,27,31H,18-20H2,1-3H3,(H,30,32). The van der Waals surface area contributed by atoms with Gasteiger partial charge in [0.1, 0.15) is 6.61 Å². The van der Waals surface area contributed by atoms with Crippen LogP contribution in [0.4, 0.5) is 4.79 Å². The molecule has 0 atom stereocenters. The van der Waals surface area contributed by atoms with E-state index in [0.717, 1.165) is 12.1 Å². The summed E-state index contributed by atoms with van der Waals surface area (Å²) in [6, 6.07) is 24.7. The minimum Gasteiger partial charge on any atom is -0.449 e. The molecule has 33 heavy (non-hydrogen) atoms. The molecule has 1 amide bonds. The van der Waals surface area contributed by atoms with Crippen molar-refractivity contribution in [2.24, 2.45) is 0 Å². The van der Waals surface area contributed by atoms with Crippen LogP contribution in [0.15, 0.2) is 72.8 Å². The van der Waals surface area contributed by atoms with Crippen LogP contribution >= 0.6 is 0 Å². The summed E-state index contributed by atoms with van der Waals surface area (Å²) in [7, 11) is 0. The molecule has 4 nitrogen and oxygen atoms in total. The fraction of sp³-hybridized carbons (Fsp3) is 0.276. The Morgan fingerprint density at radius 1 is 0.909 bits per heavy atom. The van der Waals surface area contributed by atoms with Crippen molar-refractivity contribution in [2.45, 2.75) is 38.8 Å². The average Bonchev–Trinajstić information content (AvgIpc) is 3.13. The maximum atomic E-state index is 12.2. The molecule has 0 aliphatic heterocycles. The first-order valence-electron chi connectivity index (χ1n) is 11.3. The van der Waals surface area contributed by atoms with E-state index < -0.39 is 6.09 Å². The zero-order valence-electron chi connectivity index (χ0n) is 19.4. The van der Waals surface area contributed by atoms with Crippen LogP contribution in [0, 0.1) is 11.8 Å². The number of alkyl carbamates (subject to hydrolysis) is 1. The molecule has 0 heterocycles. The Balaban J connectivity index is 1.26. The largest absolute Gasteiger partial charge is 0.449 e. The van der Waals surface area contributed by atoms with Gasteiger partial charge in [0.15, 0.2) is 0 Å². The van der Waals surface area contributed by atoms with Crippen molar-refractivity contribution in [1.29, 1.82) is 0 Å². The van der Waals surface area contributed by atoms with Gasteiger partial charge in [-0.05, 0) is 60.7 Å². The number of carbonyl (C=O) groups excluding carboxylic acids is 1. The summed E-state index contributed by atoms with van der Waals surface area (Å²) in [5.74, 6) is 6.13. The number of hydrogen-bond donors (Lipinski definition) is 2. The Hall–Kier alpha value is -3.55. The van der Waals surface area contributed by atoms with Gasteiger partial charge in [0.25, 0.3) is 0 Å². The lowest BCUT2D eigenvalue weighted by Gasteiger charge is -2.20. The minimum atomic E-state index is -0.449. The van der Waals surface area contributed by atoms with E-state index in [-0.39, 0.29) is 18.0 Å². The van der Waals surface area contributed by atoms with Crippen LogP contribution in [-0.4, -0.2) is 24.8 Å². The molecule has 1 aliphatic carbocycles. The molecule has 0 fully saturated rings. The van der Waals surface area contributed by atoms with E-state index in [4.69, 9.17) is 4.74 Å². The molecule has 0 radical (unpaired) electrons. The van der Waals surface area contributed by atoms with E-state index in [1.54, 1.807) is 0 Å². The average molecular weight is 439 g/mol. The molecule has 0 saturated carbocycles. The van der Waals surface area contributed by atoms with Crippen LogP contribution in [0.25, 0.3) is 11.1 Å². The molecule has 0 spiro atoms. The van der Waals surface area contributed by atoms with Crippen LogP contribution < -0.4 is 10.6 Å².